The van der Waals surface area contributed by atoms with Gasteiger partial charge in [0.15, 0.2) is 5.82 Å². The molecular formula is C19H15N3O2S. The molecule has 25 heavy (non-hydrogen) atoms. The molecule has 0 saturated carbocycles. The highest BCUT2D eigenvalue weighted by atomic mass is 32.1. The number of thiophene rings is 1. The highest BCUT2D eigenvalue weighted by molar-refractivity contribution is 7.17. The fourth-order valence-electron chi connectivity index (χ4n) is 2.48. The Morgan fingerprint density at radius 1 is 0.960 bits per heavy atom. The van der Waals surface area contributed by atoms with Crippen LogP contribution in [0, 0.1) is 0 Å². The molecule has 0 aliphatic rings. The Hall–Kier alpha value is -3.12. The predicted molar refractivity (Wildman–Crippen MR) is 100 cm³/mol. The number of fused-ring (bicyclic) bond motifs is 1. The monoisotopic (exact) mass is 349 g/mol. The molecule has 6 heteroatoms. The number of nitrogens with zero attached hydrogens (tertiary/aromatic N) is 2. The van der Waals surface area contributed by atoms with Crippen molar-refractivity contribution in [3.05, 3.63) is 66.3 Å². The van der Waals surface area contributed by atoms with Crippen molar-refractivity contribution in [3.8, 4) is 17.2 Å². The summed E-state index contributed by atoms with van der Waals surface area (Å²) < 4.78 is 12.4. The number of aromatic nitrogens is 2. The van der Waals surface area contributed by atoms with Crippen molar-refractivity contribution in [2.75, 3.05) is 12.4 Å². The largest absolute Gasteiger partial charge is 0.495 e. The van der Waals surface area contributed by atoms with Gasteiger partial charge in [-0.05, 0) is 35.7 Å². The maximum Gasteiger partial charge on any atom is 0.151 e. The van der Waals surface area contributed by atoms with Crippen LogP contribution in [0.25, 0.3) is 10.2 Å². The SMILES string of the molecule is COc1ccc(Oc2ccccc2)cc1Nc1ncnc2ccsc12. The first-order valence-electron chi connectivity index (χ1n) is 7.69. The summed E-state index contributed by atoms with van der Waals surface area (Å²) in [5.41, 5.74) is 1.70. The Bertz CT molecular complexity index is 1000. The van der Waals surface area contributed by atoms with Gasteiger partial charge in [0.25, 0.3) is 0 Å². The third kappa shape index (κ3) is 3.25. The first kappa shape index (κ1) is 15.4. The third-order valence-corrected chi connectivity index (χ3v) is 4.56. The van der Waals surface area contributed by atoms with Crippen LogP contribution in [0.5, 0.6) is 17.2 Å². The predicted octanol–water partition coefficient (Wildman–Crippen LogP) is 5.24. The molecule has 5 nitrogen and oxygen atoms in total. The van der Waals surface area contributed by atoms with Crippen molar-refractivity contribution in [3.63, 3.8) is 0 Å². The van der Waals surface area contributed by atoms with Crippen molar-refractivity contribution in [2.45, 2.75) is 0 Å². The van der Waals surface area contributed by atoms with Crippen LogP contribution in [0.15, 0.2) is 66.3 Å². The summed E-state index contributed by atoms with van der Waals surface area (Å²) in [6.07, 6.45) is 1.55. The molecule has 2 heterocycles. The molecule has 0 fully saturated rings. The molecule has 0 atom stereocenters. The number of nitrogens with one attached hydrogen (secondary N) is 1. The molecule has 2 aromatic carbocycles. The molecule has 0 bridgehead atoms. The minimum absolute atomic E-state index is 0.712. The van der Waals surface area contributed by atoms with Gasteiger partial charge in [-0.2, -0.15) is 0 Å². The summed E-state index contributed by atoms with van der Waals surface area (Å²) in [7, 11) is 1.64. The lowest BCUT2D eigenvalue weighted by molar-refractivity contribution is 0.415. The Balaban J connectivity index is 1.68. The number of hydrogen-bond donors (Lipinski definition) is 1. The van der Waals surface area contributed by atoms with Gasteiger partial charge in [-0.25, -0.2) is 9.97 Å². The van der Waals surface area contributed by atoms with E-state index in [0.717, 1.165) is 27.5 Å². The van der Waals surface area contributed by atoms with Gasteiger partial charge in [-0.1, -0.05) is 18.2 Å². The summed E-state index contributed by atoms with van der Waals surface area (Å²) in [6.45, 7) is 0. The third-order valence-electron chi connectivity index (χ3n) is 3.65. The van der Waals surface area contributed by atoms with E-state index >= 15 is 0 Å². The number of anilines is 2. The van der Waals surface area contributed by atoms with E-state index in [1.54, 1.807) is 24.8 Å². The van der Waals surface area contributed by atoms with Crippen molar-refractivity contribution < 1.29 is 9.47 Å². The first-order chi connectivity index (χ1) is 12.3. The fraction of sp³-hybridized carbons (Fsp3) is 0.0526. The van der Waals surface area contributed by atoms with Crippen LogP contribution in [0.4, 0.5) is 11.5 Å². The van der Waals surface area contributed by atoms with Crippen LogP contribution in [0.3, 0.4) is 0 Å². The molecule has 1 N–H and O–H groups in total. The lowest BCUT2D eigenvalue weighted by Crippen LogP contribution is -1.98. The summed E-state index contributed by atoms with van der Waals surface area (Å²) in [6, 6.07) is 17.3. The van der Waals surface area contributed by atoms with E-state index < -0.39 is 0 Å². The number of rotatable bonds is 5. The first-order valence-corrected chi connectivity index (χ1v) is 8.57. The number of hydrogen-bond acceptors (Lipinski definition) is 6. The highest BCUT2D eigenvalue weighted by Gasteiger charge is 2.10. The van der Waals surface area contributed by atoms with Gasteiger partial charge in [0.1, 0.15) is 23.6 Å². The average molecular weight is 349 g/mol. The second kappa shape index (κ2) is 6.78. The Kier molecular flexibility index (Phi) is 4.18. The van der Waals surface area contributed by atoms with Gasteiger partial charge in [-0.15, -0.1) is 11.3 Å². The van der Waals surface area contributed by atoms with Gasteiger partial charge in [0, 0.05) is 6.07 Å². The average Bonchev–Trinajstić information content (AvgIpc) is 3.13. The van der Waals surface area contributed by atoms with Crippen LogP contribution in [0.1, 0.15) is 0 Å². The zero-order valence-corrected chi connectivity index (χ0v) is 14.3. The second-order valence-corrected chi connectivity index (χ2v) is 6.18. The second-order valence-electron chi connectivity index (χ2n) is 5.26. The molecule has 0 radical (unpaired) electrons. The Morgan fingerprint density at radius 2 is 1.84 bits per heavy atom. The van der Waals surface area contributed by atoms with Crippen molar-refractivity contribution in [1.29, 1.82) is 0 Å². The van der Waals surface area contributed by atoms with Crippen molar-refractivity contribution >= 4 is 33.1 Å². The standard InChI is InChI=1S/C19H15N3O2S/c1-23-17-8-7-14(24-13-5-3-2-4-6-13)11-16(17)22-19-18-15(9-10-25-18)20-12-21-19/h2-12H,1H3,(H,20,21,22). The van der Waals surface area contributed by atoms with Crippen LogP contribution in [-0.2, 0) is 0 Å². The van der Waals surface area contributed by atoms with Gasteiger partial charge in [0.2, 0.25) is 0 Å². The van der Waals surface area contributed by atoms with Crippen LogP contribution >= 0.6 is 11.3 Å². The minimum Gasteiger partial charge on any atom is -0.495 e. The molecule has 0 saturated heterocycles. The molecular weight excluding hydrogens is 334 g/mol. The number of para-hydroxylation sites is 1. The Labute approximate surface area is 148 Å². The van der Waals surface area contributed by atoms with Crippen LogP contribution in [-0.4, -0.2) is 17.1 Å². The van der Waals surface area contributed by atoms with E-state index in [0.29, 0.717) is 11.5 Å². The van der Waals surface area contributed by atoms with Gasteiger partial charge < -0.3 is 14.8 Å². The summed E-state index contributed by atoms with van der Waals surface area (Å²) in [5, 5.41) is 5.33. The van der Waals surface area contributed by atoms with E-state index in [4.69, 9.17) is 9.47 Å². The zero-order valence-electron chi connectivity index (χ0n) is 13.5. The Morgan fingerprint density at radius 3 is 2.68 bits per heavy atom. The van der Waals surface area contributed by atoms with E-state index in [9.17, 15) is 0 Å². The number of methoxy groups -OCH3 is 1. The lowest BCUT2D eigenvalue weighted by atomic mass is 10.2. The van der Waals surface area contributed by atoms with E-state index in [1.165, 1.54) is 0 Å². The maximum absolute atomic E-state index is 5.90. The molecule has 124 valence electrons. The van der Waals surface area contributed by atoms with Crippen LogP contribution in [0.2, 0.25) is 0 Å². The van der Waals surface area contributed by atoms with E-state index in [2.05, 4.69) is 15.3 Å². The molecule has 0 spiro atoms. The molecule has 4 aromatic rings. The van der Waals surface area contributed by atoms with E-state index in [1.807, 2.05) is 60.0 Å². The maximum atomic E-state index is 5.90. The zero-order chi connectivity index (χ0) is 17.1. The lowest BCUT2D eigenvalue weighted by Gasteiger charge is -2.13. The number of ether oxygens (including phenoxy) is 2. The topological polar surface area (TPSA) is 56.3 Å². The molecule has 4 rings (SSSR count). The summed E-state index contributed by atoms with van der Waals surface area (Å²) in [4.78, 5) is 8.62. The summed E-state index contributed by atoms with van der Waals surface area (Å²) in [5.74, 6) is 2.95. The molecule has 0 aliphatic heterocycles. The quantitative estimate of drug-likeness (QED) is 0.534. The smallest absolute Gasteiger partial charge is 0.151 e. The molecule has 0 aliphatic carbocycles. The fourth-order valence-corrected chi connectivity index (χ4v) is 3.27. The van der Waals surface area contributed by atoms with Gasteiger partial charge >= 0.3 is 0 Å². The molecule has 0 amide bonds. The van der Waals surface area contributed by atoms with Crippen molar-refractivity contribution in [1.82, 2.24) is 9.97 Å². The van der Waals surface area contributed by atoms with E-state index in [-0.39, 0.29) is 0 Å². The summed E-state index contributed by atoms with van der Waals surface area (Å²) >= 11 is 1.59. The molecule has 2 aromatic heterocycles. The minimum atomic E-state index is 0.712. The van der Waals surface area contributed by atoms with Gasteiger partial charge in [-0.3, -0.25) is 0 Å². The normalized spacial score (nSPS) is 10.6. The highest BCUT2D eigenvalue weighted by Crippen LogP contribution is 2.35. The molecule has 0 unspecified atom stereocenters. The van der Waals surface area contributed by atoms with Gasteiger partial charge in [0.05, 0.1) is 23.0 Å². The van der Waals surface area contributed by atoms with Crippen molar-refractivity contribution in [2.24, 2.45) is 0 Å². The van der Waals surface area contributed by atoms with Crippen LogP contribution < -0.4 is 14.8 Å². The number of benzene rings is 2.